The van der Waals surface area contributed by atoms with Gasteiger partial charge in [0, 0.05) is 12.3 Å². The molecule has 1 rings (SSSR count). The van der Waals surface area contributed by atoms with Crippen LogP contribution < -0.4 is 15.8 Å². The van der Waals surface area contributed by atoms with Crippen LogP contribution in [0.15, 0.2) is 0 Å². The third kappa shape index (κ3) is 5.69. The highest BCUT2D eigenvalue weighted by molar-refractivity contribution is 7.91. The number of nitrogens with one attached hydrogen (secondary N) is 1. The monoisotopic (exact) mass is 289 g/mol. The molecular formula is C10H19N5O3S. The average Bonchev–Trinajstić information content (AvgIpc) is 2.27. The van der Waals surface area contributed by atoms with Gasteiger partial charge in [0.05, 0.1) is 11.9 Å². The Balaban J connectivity index is 2.66. The van der Waals surface area contributed by atoms with Crippen molar-refractivity contribution in [1.82, 2.24) is 15.0 Å². The summed E-state index contributed by atoms with van der Waals surface area (Å²) in [6.07, 6.45) is -0.0879. The molecule has 0 fully saturated rings. The van der Waals surface area contributed by atoms with Gasteiger partial charge in [-0.15, -0.1) is 0 Å². The minimum Gasteiger partial charge on any atom is -0.461 e. The van der Waals surface area contributed by atoms with Crippen molar-refractivity contribution in [3.63, 3.8) is 0 Å². The molecule has 1 aromatic rings. The number of ether oxygens (including phenoxy) is 1. The number of nitrogens with two attached hydrogens (primary N) is 1. The lowest BCUT2D eigenvalue weighted by molar-refractivity contribution is 0.222. The van der Waals surface area contributed by atoms with Crippen LogP contribution in [-0.2, 0) is 9.84 Å². The Morgan fingerprint density at radius 1 is 1.32 bits per heavy atom. The molecule has 1 aromatic heterocycles. The molecule has 0 amide bonds. The van der Waals surface area contributed by atoms with E-state index in [9.17, 15) is 8.42 Å². The van der Waals surface area contributed by atoms with Crippen molar-refractivity contribution < 1.29 is 13.2 Å². The van der Waals surface area contributed by atoms with Gasteiger partial charge in [0.1, 0.15) is 0 Å². The Morgan fingerprint density at radius 3 is 2.58 bits per heavy atom. The van der Waals surface area contributed by atoms with Crippen molar-refractivity contribution in [2.75, 3.05) is 29.1 Å². The molecular weight excluding hydrogens is 270 g/mol. The highest BCUT2D eigenvalue weighted by Gasteiger charge is 2.09. The molecule has 0 saturated heterocycles. The summed E-state index contributed by atoms with van der Waals surface area (Å²) in [5.74, 6) is 0.339. The highest BCUT2D eigenvalue weighted by atomic mass is 32.2. The molecule has 8 nitrogen and oxygen atoms in total. The van der Waals surface area contributed by atoms with E-state index in [-0.39, 0.29) is 42.1 Å². The number of anilines is 2. The Bertz CT molecular complexity index is 518. The normalized spacial score (nSPS) is 11.6. The second-order valence-corrected chi connectivity index (χ2v) is 6.60. The molecule has 108 valence electrons. The molecule has 1 heterocycles. The molecule has 0 aromatic carbocycles. The van der Waals surface area contributed by atoms with Crippen LogP contribution in [0.4, 0.5) is 11.9 Å². The maximum atomic E-state index is 11.3. The molecule has 0 bridgehead atoms. The first kappa shape index (κ1) is 15.4. The van der Waals surface area contributed by atoms with E-state index in [2.05, 4.69) is 20.3 Å². The number of sulfone groups is 1. The maximum Gasteiger partial charge on any atom is 0.323 e. The van der Waals surface area contributed by atoms with Crippen LogP contribution >= 0.6 is 0 Å². The van der Waals surface area contributed by atoms with Crippen molar-refractivity contribution in [2.24, 2.45) is 0 Å². The van der Waals surface area contributed by atoms with Gasteiger partial charge in [0.25, 0.3) is 0 Å². The molecule has 0 aliphatic heterocycles. The molecule has 0 aliphatic rings. The summed E-state index contributed by atoms with van der Waals surface area (Å²) >= 11 is 0. The summed E-state index contributed by atoms with van der Waals surface area (Å²) in [6.45, 7) is 5.48. The van der Waals surface area contributed by atoms with E-state index < -0.39 is 9.84 Å². The number of nitrogens with zero attached hydrogens (tertiary/aromatic N) is 3. The number of nitrogen functional groups attached to an aromatic ring is 1. The third-order valence-corrected chi connectivity index (χ3v) is 3.82. The zero-order valence-corrected chi connectivity index (χ0v) is 12.1. The van der Waals surface area contributed by atoms with Gasteiger partial charge < -0.3 is 15.8 Å². The van der Waals surface area contributed by atoms with E-state index in [0.717, 1.165) is 0 Å². The van der Waals surface area contributed by atoms with Crippen molar-refractivity contribution >= 4 is 21.7 Å². The van der Waals surface area contributed by atoms with E-state index in [1.165, 1.54) is 0 Å². The Hall–Kier alpha value is -1.64. The van der Waals surface area contributed by atoms with Gasteiger partial charge >= 0.3 is 6.01 Å². The van der Waals surface area contributed by atoms with Gasteiger partial charge in [0.2, 0.25) is 11.9 Å². The lowest BCUT2D eigenvalue weighted by atomic mass is 10.5. The summed E-state index contributed by atoms with van der Waals surface area (Å²) in [5.41, 5.74) is 5.52. The first-order valence-corrected chi connectivity index (χ1v) is 7.77. The van der Waals surface area contributed by atoms with E-state index in [1.807, 2.05) is 13.8 Å². The van der Waals surface area contributed by atoms with Crippen LogP contribution in [0.5, 0.6) is 6.01 Å². The van der Waals surface area contributed by atoms with Crippen LogP contribution in [-0.4, -0.2) is 47.5 Å². The molecule has 0 saturated carbocycles. The molecule has 19 heavy (non-hydrogen) atoms. The number of hydrogen-bond acceptors (Lipinski definition) is 8. The van der Waals surface area contributed by atoms with Gasteiger partial charge in [-0.2, -0.15) is 15.0 Å². The summed E-state index contributed by atoms with van der Waals surface area (Å²) in [7, 11) is -3.03. The molecule has 9 heteroatoms. The smallest absolute Gasteiger partial charge is 0.323 e. The fourth-order valence-corrected chi connectivity index (χ4v) is 1.88. The van der Waals surface area contributed by atoms with Crippen molar-refractivity contribution in [2.45, 2.75) is 26.9 Å². The Kier molecular flexibility index (Phi) is 5.28. The fraction of sp³-hybridized carbons (Fsp3) is 0.700. The SMILES string of the molecule is CCS(=O)(=O)CCNc1nc(N)nc(OC(C)C)n1. The average molecular weight is 289 g/mol. The van der Waals surface area contributed by atoms with E-state index in [4.69, 9.17) is 10.5 Å². The first-order chi connectivity index (χ1) is 8.82. The van der Waals surface area contributed by atoms with E-state index >= 15 is 0 Å². The lowest BCUT2D eigenvalue weighted by Gasteiger charge is -2.10. The number of hydrogen-bond donors (Lipinski definition) is 2. The van der Waals surface area contributed by atoms with Crippen molar-refractivity contribution in [3.8, 4) is 6.01 Å². The van der Waals surface area contributed by atoms with Gasteiger partial charge in [-0.1, -0.05) is 6.92 Å². The number of rotatable bonds is 7. The van der Waals surface area contributed by atoms with Crippen LogP contribution in [0, 0.1) is 0 Å². The molecule has 0 spiro atoms. The zero-order valence-electron chi connectivity index (χ0n) is 11.3. The van der Waals surface area contributed by atoms with Crippen molar-refractivity contribution in [1.29, 1.82) is 0 Å². The minimum absolute atomic E-state index is 0.00938. The van der Waals surface area contributed by atoms with Crippen LogP contribution in [0.1, 0.15) is 20.8 Å². The lowest BCUT2D eigenvalue weighted by Crippen LogP contribution is -2.19. The third-order valence-electron chi connectivity index (χ3n) is 2.11. The molecule has 0 radical (unpaired) electrons. The summed E-state index contributed by atoms with van der Waals surface area (Å²) in [4.78, 5) is 11.7. The molecule has 0 unspecified atom stereocenters. The molecule has 0 aliphatic carbocycles. The van der Waals surface area contributed by atoms with Gasteiger partial charge in [-0.25, -0.2) is 8.42 Å². The quantitative estimate of drug-likeness (QED) is 0.724. The number of aromatic nitrogens is 3. The standard InChI is InChI=1S/C10H19N5O3S/c1-4-19(16,17)6-5-12-9-13-8(11)14-10(15-9)18-7(2)3/h7H,4-6H2,1-3H3,(H3,11,12,13,14,15). The Morgan fingerprint density at radius 2 is 2.00 bits per heavy atom. The van der Waals surface area contributed by atoms with E-state index in [1.54, 1.807) is 6.92 Å². The van der Waals surface area contributed by atoms with Crippen LogP contribution in [0.3, 0.4) is 0 Å². The van der Waals surface area contributed by atoms with Crippen LogP contribution in [0.25, 0.3) is 0 Å². The summed E-state index contributed by atoms with van der Waals surface area (Å²) in [6, 6.07) is 0.114. The van der Waals surface area contributed by atoms with Gasteiger partial charge in [-0.3, -0.25) is 0 Å². The van der Waals surface area contributed by atoms with Gasteiger partial charge in [-0.05, 0) is 13.8 Å². The minimum atomic E-state index is -3.03. The maximum absolute atomic E-state index is 11.3. The summed E-state index contributed by atoms with van der Waals surface area (Å²) < 4.78 is 28.0. The molecule has 3 N–H and O–H groups in total. The van der Waals surface area contributed by atoms with E-state index in [0.29, 0.717) is 0 Å². The predicted molar refractivity (Wildman–Crippen MR) is 72.8 cm³/mol. The summed E-state index contributed by atoms with van der Waals surface area (Å²) in [5, 5.41) is 2.79. The highest BCUT2D eigenvalue weighted by Crippen LogP contribution is 2.10. The first-order valence-electron chi connectivity index (χ1n) is 5.95. The Labute approximate surface area is 112 Å². The topological polar surface area (TPSA) is 120 Å². The van der Waals surface area contributed by atoms with Crippen molar-refractivity contribution in [3.05, 3.63) is 0 Å². The van der Waals surface area contributed by atoms with Crippen LogP contribution in [0.2, 0.25) is 0 Å². The zero-order chi connectivity index (χ0) is 14.5. The second kappa shape index (κ2) is 6.50. The fourth-order valence-electron chi connectivity index (χ4n) is 1.18. The molecule has 0 atom stereocenters. The van der Waals surface area contributed by atoms with Gasteiger partial charge in [0.15, 0.2) is 9.84 Å². The second-order valence-electron chi connectivity index (χ2n) is 4.13. The predicted octanol–water partition coefficient (Wildman–Crippen LogP) is 0.0876. The largest absolute Gasteiger partial charge is 0.461 e.